The number of hydrogen-bond donors (Lipinski definition) is 2. The average molecular weight is 309 g/mol. The number of nitrogens with zero attached hydrogens (tertiary/aromatic N) is 1. The molecule has 0 radical (unpaired) electrons. The van der Waals surface area contributed by atoms with Crippen molar-refractivity contribution in [3.63, 3.8) is 0 Å². The van der Waals surface area contributed by atoms with Gasteiger partial charge in [-0.05, 0) is 17.6 Å². The first-order chi connectivity index (χ1) is 10.4. The molecule has 1 amide bonds. The summed E-state index contributed by atoms with van der Waals surface area (Å²) in [5, 5.41) is 18.0. The number of esters is 2. The van der Waals surface area contributed by atoms with E-state index in [-0.39, 0.29) is 11.0 Å². The minimum Gasteiger partial charge on any atom is -0.468 e. The Labute approximate surface area is 127 Å². The first-order valence-corrected chi connectivity index (χ1v) is 6.28. The summed E-state index contributed by atoms with van der Waals surface area (Å²) in [6, 6.07) is 5.43. The minimum absolute atomic E-state index is 0.178. The fourth-order valence-electron chi connectivity index (χ4n) is 1.62. The van der Waals surface area contributed by atoms with Gasteiger partial charge in [0.25, 0.3) is 5.91 Å². The molecule has 118 valence electrons. The van der Waals surface area contributed by atoms with Crippen LogP contribution in [0.15, 0.2) is 24.3 Å². The number of amides is 1. The van der Waals surface area contributed by atoms with Crippen LogP contribution in [0, 0.1) is 0 Å². The van der Waals surface area contributed by atoms with E-state index < -0.39 is 38.1 Å². The van der Waals surface area contributed by atoms with Gasteiger partial charge in [0.05, 0.1) is 14.2 Å². The van der Waals surface area contributed by atoms with Gasteiger partial charge in [-0.25, -0.2) is 0 Å². The van der Waals surface area contributed by atoms with Crippen molar-refractivity contribution >= 4 is 30.4 Å². The topological polar surface area (TPSA) is 113 Å². The molecular weight excluding hydrogens is 293 g/mol. The van der Waals surface area contributed by atoms with Gasteiger partial charge in [-0.1, -0.05) is 12.1 Å². The van der Waals surface area contributed by atoms with Gasteiger partial charge in [0, 0.05) is 5.56 Å². The summed E-state index contributed by atoms with van der Waals surface area (Å²) in [7, 11) is 0.687. The second-order valence-corrected chi connectivity index (χ2v) is 4.31. The molecule has 2 N–H and O–H groups in total. The number of hydrogen-bond acceptors (Lipinski definition) is 7. The van der Waals surface area contributed by atoms with Crippen molar-refractivity contribution in [3.8, 4) is 0 Å². The molecule has 0 aliphatic heterocycles. The Morgan fingerprint density at radius 3 is 1.82 bits per heavy atom. The zero-order valence-electron chi connectivity index (χ0n) is 12.2. The first-order valence-electron chi connectivity index (χ1n) is 6.28. The minimum atomic E-state index is -1.65. The van der Waals surface area contributed by atoms with Crippen LogP contribution in [0.2, 0.25) is 0 Å². The zero-order chi connectivity index (χ0) is 16.7. The Hall–Kier alpha value is -2.39. The van der Waals surface area contributed by atoms with Gasteiger partial charge < -0.3 is 24.4 Å². The molecule has 0 fully saturated rings. The number of benzene rings is 1. The summed E-state index contributed by atoms with van der Waals surface area (Å²) in [4.78, 5) is 36.0. The Morgan fingerprint density at radius 2 is 1.45 bits per heavy atom. The third-order valence-electron chi connectivity index (χ3n) is 2.84. The first kappa shape index (κ1) is 17.7. The van der Waals surface area contributed by atoms with Gasteiger partial charge in [0.1, 0.15) is 13.1 Å². The predicted molar refractivity (Wildman–Crippen MR) is 76.2 cm³/mol. The highest BCUT2D eigenvalue weighted by Crippen LogP contribution is 2.05. The summed E-state index contributed by atoms with van der Waals surface area (Å²) >= 11 is 0. The fraction of sp³-hybridized carbons (Fsp3) is 0.308. The molecule has 0 atom stereocenters. The molecule has 0 unspecified atom stereocenters. The van der Waals surface area contributed by atoms with Crippen LogP contribution in [0.3, 0.4) is 0 Å². The Bertz CT molecular complexity index is 526. The molecule has 0 aliphatic carbocycles. The summed E-state index contributed by atoms with van der Waals surface area (Å²) < 4.78 is 8.96. The summed E-state index contributed by atoms with van der Waals surface area (Å²) in [6.45, 7) is -0.816. The highest BCUT2D eigenvalue weighted by atomic mass is 16.5. The maximum Gasteiger partial charge on any atom is 0.488 e. The molecule has 22 heavy (non-hydrogen) atoms. The number of methoxy groups -OCH3 is 2. The van der Waals surface area contributed by atoms with Crippen molar-refractivity contribution in [1.82, 2.24) is 4.90 Å². The van der Waals surface area contributed by atoms with Crippen molar-refractivity contribution in [2.45, 2.75) is 0 Å². The molecule has 0 bridgehead atoms. The van der Waals surface area contributed by atoms with E-state index in [1.807, 2.05) is 0 Å². The highest BCUT2D eigenvalue weighted by molar-refractivity contribution is 6.58. The molecule has 8 nitrogen and oxygen atoms in total. The van der Waals surface area contributed by atoms with Crippen molar-refractivity contribution < 1.29 is 33.9 Å². The number of rotatable bonds is 6. The second kappa shape index (κ2) is 8.15. The molecule has 0 saturated heterocycles. The zero-order valence-corrected chi connectivity index (χ0v) is 12.2. The SMILES string of the molecule is COC(=O)CN(CC(=O)OC)C(=O)c1ccc(B(O)O)cc1. The van der Waals surface area contributed by atoms with E-state index in [1.165, 1.54) is 38.5 Å². The lowest BCUT2D eigenvalue weighted by molar-refractivity contribution is -0.144. The molecule has 0 saturated carbocycles. The molecular formula is C13H16BNO7. The largest absolute Gasteiger partial charge is 0.488 e. The predicted octanol–water partition coefficient (Wildman–Crippen LogP) is -1.85. The van der Waals surface area contributed by atoms with Crippen LogP contribution in [-0.2, 0) is 19.1 Å². The van der Waals surface area contributed by atoms with Crippen LogP contribution in [0.1, 0.15) is 10.4 Å². The van der Waals surface area contributed by atoms with Crippen LogP contribution in [-0.4, -0.2) is 67.2 Å². The fourth-order valence-corrected chi connectivity index (χ4v) is 1.62. The van der Waals surface area contributed by atoms with Gasteiger partial charge in [-0.15, -0.1) is 0 Å². The quantitative estimate of drug-likeness (QED) is 0.468. The Kier molecular flexibility index (Phi) is 6.55. The van der Waals surface area contributed by atoms with Gasteiger partial charge in [-0.2, -0.15) is 0 Å². The molecule has 9 heteroatoms. The van der Waals surface area contributed by atoms with Crippen molar-refractivity contribution in [1.29, 1.82) is 0 Å². The van der Waals surface area contributed by atoms with E-state index in [9.17, 15) is 14.4 Å². The Morgan fingerprint density at radius 1 is 1.00 bits per heavy atom. The van der Waals surface area contributed by atoms with Crippen LogP contribution in [0.25, 0.3) is 0 Å². The molecule has 1 aromatic rings. The standard InChI is InChI=1S/C13H16BNO7/c1-21-11(16)7-15(8-12(17)22-2)13(18)9-3-5-10(6-4-9)14(19)20/h3-6,19-20H,7-8H2,1-2H3. The summed E-state index contributed by atoms with van der Waals surface area (Å²) in [5.74, 6) is -1.95. The van der Waals surface area contributed by atoms with Gasteiger partial charge in [0.15, 0.2) is 0 Å². The highest BCUT2D eigenvalue weighted by Gasteiger charge is 2.22. The lowest BCUT2D eigenvalue weighted by atomic mass is 9.80. The molecule has 0 aliphatic rings. The maximum absolute atomic E-state index is 12.3. The molecule has 0 heterocycles. The summed E-state index contributed by atoms with van der Waals surface area (Å²) in [5.41, 5.74) is 0.390. The van der Waals surface area contributed by atoms with Gasteiger partial charge in [-0.3, -0.25) is 14.4 Å². The molecule has 0 aromatic heterocycles. The van der Waals surface area contributed by atoms with E-state index in [2.05, 4.69) is 9.47 Å². The smallest absolute Gasteiger partial charge is 0.468 e. The number of ether oxygens (including phenoxy) is 2. The normalized spacial score (nSPS) is 9.82. The Balaban J connectivity index is 2.94. The second-order valence-electron chi connectivity index (χ2n) is 4.31. The number of carbonyl (C=O) groups excluding carboxylic acids is 3. The monoisotopic (exact) mass is 309 g/mol. The van der Waals surface area contributed by atoms with Crippen LogP contribution < -0.4 is 5.46 Å². The third kappa shape index (κ3) is 4.87. The lowest BCUT2D eigenvalue weighted by Gasteiger charge is -2.20. The van der Waals surface area contributed by atoms with Crippen LogP contribution in [0.5, 0.6) is 0 Å². The van der Waals surface area contributed by atoms with Crippen molar-refractivity contribution in [3.05, 3.63) is 29.8 Å². The van der Waals surface area contributed by atoms with E-state index in [0.717, 1.165) is 4.90 Å². The van der Waals surface area contributed by atoms with E-state index in [1.54, 1.807) is 0 Å². The lowest BCUT2D eigenvalue weighted by Crippen LogP contribution is -2.40. The number of carbonyl (C=O) groups is 3. The van der Waals surface area contributed by atoms with E-state index in [0.29, 0.717) is 0 Å². The van der Waals surface area contributed by atoms with Crippen LogP contribution >= 0.6 is 0 Å². The van der Waals surface area contributed by atoms with Crippen LogP contribution in [0.4, 0.5) is 0 Å². The maximum atomic E-state index is 12.3. The van der Waals surface area contributed by atoms with E-state index >= 15 is 0 Å². The molecule has 0 spiro atoms. The molecule has 1 aromatic carbocycles. The van der Waals surface area contributed by atoms with Crippen molar-refractivity contribution in [2.24, 2.45) is 0 Å². The van der Waals surface area contributed by atoms with Crippen molar-refractivity contribution in [2.75, 3.05) is 27.3 Å². The third-order valence-corrected chi connectivity index (χ3v) is 2.84. The average Bonchev–Trinajstić information content (AvgIpc) is 2.53. The van der Waals surface area contributed by atoms with Gasteiger partial charge >= 0.3 is 19.1 Å². The molecule has 1 rings (SSSR count). The van der Waals surface area contributed by atoms with E-state index in [4.69, 9.17) is 10.0 Å². The van der Waals surface area contributed by atoms with Gasteiger partial charge in [0.2, 0.25) is 0 Å². The summed E-state index contributed by atoms with van der Waals surface area (Å²) in [6.07, 6.45) is 0.